The molecule has 0 saturated carbocycles. The predicted molar refractivity (Wildman–Crippen MR) is 79.5 cm³/mol. The zero-order valence-electron chi connectivity index (χ0n) is 11.3. The van der Waals surface area contributed by atoms with E-state index in [9.17, 15) is 4.79 Å². The number of halogens is 1. The summed E-state index contributed by atoms with van der Waals surface area (Å²) in [6.45, 7) is 4.71. The molecule has 0 aliphatic carbocycles. The highest BCUT2D eigenvalue weighted by Gasteiger charge is 2.23. The number of piperazine rings is 1. The van der Waals surface area contributed by atoms with Crippen molar-refractivity contribution in [2.45, 2.75) is 19.4 Å². The van der Waals surface area contributed by atoms with Crippen LogP contribution in [0.25, 0.3) is 0 Å². The second-order valence-corrected chi connectivity index (χ2v) is 5.69. The van der Waals surface area contributed by atoms with Gasteiger partial charge in [0.25, 0.3) is 0 Å². The first-order chi connectivity index (χ1) is 9.10. The Morgan fingerprint density at radius 2 is 2.37 bits per heavy atom. The first-order valence-corrected chi connectivity index (χ1v) is 7.20. The second-order valence-electron chi connectivity index (χ2n) is 4.83. The summed E-state index contributed by atoms with van der Waals surface area (Å²) in [5.74, 6) is -0.165. The summed E-state index contributed by atoms with van der Waals surface area (Å²) < 4.78 is 5.83. The number of nitrogens with one attached hydrogen (secondary N) is 1. The number of rotatable bonds is 3. The number of esters is 1. The predicted octanol–water partition coefficient (Wildman–Crippen LogP) is 2.10. The van der Waals surface area contributed by atoms with E-state index in [1.807, 2.05) is 0 Å². The lowest BCUT2D eigenvalue weighted by atomic mass is 10.1. The summed E-state index contributed by atoms with van der Waals surface area (Å²) >= 11 is 3.61. The van der Waals surface area contributed by atoms with E-state index in [2.05, 4.69) is 51.3 Å². The normalized spacial score (nSPS) is 19.3. The first-order valence-electron chi connectivity index (χ1n) is 6.41. The summed E-state index contributed by atoms with van der Waals surface area (Å²) in [5, 5.41) is 3.36. The number of benzene rings is 1. The highest BCUT2D eigenvalue weighted by atomic mass is 79.9. The molecule has 1 atom stereocenters. The van der Waals surface area contributed by atoms with Gasteiger partial charge in [0.15, 0.2) is 0 Å². The summed E-state index contributed by atoms with van der Waals surface area (Å²) in [5.41, 5.74) is 2.42. The molecule has 1 N–H and O–H groups in total. The number of methoxy groups -OCH3 is 1. The summed E-state index contributed by atoms with van der Waals surface area (Å²) in [6.07, 6.45) is 0.413. The number of anilines is 1. The average Bonchev–Trinajstić information content (AvgIpc) is 2.39. The van der Waals surface area contributed by atoms with Gasteiger partial charge in [-0.15, -0.1) is 0 Å². The zero-order chi connectivity index (χ0) is 13.8. The van der Waals surface area contributed by atoms with Gasteiger partial charge in [0, 0.05) is 30.1 Å². The number of hydrogen-bond acceptors (Lipinski definition) is 4. The Morgan fingerprint density at radius 3 is 3.05 bits per heavy atom. The lowest BCUT2D eigenvalue weighted by Gasteiger charge is -2.35. The Morgan fingerprint density at radius 1 is 1.58 bits per heavy atom. The van der Waals surface area contributed by atoms with Gasteiger partial charge in [-0.3, -0.25) is 4.79 Å². The van der Waals surface area contributed by atoms with Crippen molar-refractivity contribution in [3.63, 3.8) is 0 Å². The van der Waals surface area contributed by atoms with Crippen molar-refractivity contribution < 1.29 is 9.53 Å². The minimum Gasteiger partial charge on any atom is -0.469 e. The molecular formula is C14H19BrN2O2. The summed E-state index contributed by atoms with van der Waals surface area (Å²) in [7, 11) is 1.43. The van der Waals surface area contributed by atoms with Crippen LogP contribution < -0.4 is 10.2 Å². The van der Waals surface area contributed by atoms with Gasteiger partial charge in [-0.25, -0.2) is 0 Å². The number of ether oxygens (including phenoxy) is 1. The maximum Gasteiger partial charge on any atom is 0.307 e. The van der Waals surface area contributed by atoms with Crippen molar-refractivity contribution in [2.24, 2.45) is 0 Å². The molecule has 0 bridgehead atoms. The summed E-state index contributed by atoms with van der Waals surface area (Å²) in [4.78, 5) is 13.6. The Labute approximate surface area is 122 Å². The van der Waals surface area contributed by atoms with Crippen LogP contribution in [0.5, 0.6) is 0 Å². The van der Waals surface area contributed by atoms with E-state index in [0.29, 0.717) is 6.42 Å². The summed E-state index contributed by atoms with van der Waals surface area (Å²) in [6, 6.07) is 6.50. The molecule has 1 aliphatic rings. The van der Waals surface area contributed by atoms with Gasteiger partial charge < -0.3 is 15.0 Å². The third-order valence-corrected chi connectivity index (χ3v) is 3.98. The smallest absolute Gasteiger partial charge is 0.307 e. The van der Waals surface area contributed by atoms with Crippen LogP contribution in [-0.4, -0.2) is 38.8 Å². The molecule has 0 aromatic heterocycles. The van der Waals surface area contributed by atoms with Gasteiger partial charge in [-0.05, 0) is 40.5 Å². The molecule has 5 heteroatoms. The molecule has 0 spiro atoms. The van der Waals surface area contributed by atoms with Crippen LogP contribution in [0.15, 0.2) is 22.7 Å². The number of nitrogens with zero attached hydrogens (tertiary/aromatic N) is 1. The van der Waals surface area contributed by atoms with Crippen molar-refractivity contribution >= 4 is 27.6 Å². The molecule has 1 aliphatic heterocycles. The average molecular weight is 327 g/mol. The molecule has 1 heterocycles. The van der Waals surface area contributed by atoms with Crippen LogP contribution in [0.4, 0.5) is 5.69 Å². The third kappa shape index (κ3) is 3.70. The van der Waals surface area contributed by atoms with E-state index < -0.39 is 0 Å². The van der Waals surface area contributed by atoms with Crippen molar-refractivity contribution in [1.82, 2.24) is 5.32 Å². The van der Waals surface area contributed by atoms with E-state index >= 15 is 0 Å². The number of aryl methyl sites for hydroxylation is 1. The van der Waals surface area contributed by atoms with Gasteiger partial charge in [-0.1, -0.05) is 6.07 Å². The number of carbonyl (C=O) groups is 1. The molecule has 1 saturated heterocycles. The van der Waals surface area contributed by atoms with Gasteiger partial charge in [0.2, 0.25) is 0 Å². The molecule has 4 nitrogen and oxygen atoms in total. The van der Waals surface area contributed by atoms with E-state index in [1.165, 1.54) is 18.4 Å². The van der Waals surface area contributed by atoms with Crippen molar-refractivity contribution in [1.29, 1.82) is 0 Å². The van der Waals surface area contributed by atoms with Gasteiger partial charge >= 0.3 is 5.97 Å². The molecule has 1 fully saturated rings. The molecule has 1 aromatic carbocycles. The van der Waals surface area contributed by atoms with Gasteiger partial charge in [0.1, 0.15) is 0 Å². The van der Waals surface area contributed by atoms with Crippen molar-refractivity contribution in [3.05, 3.63) is 28.2 Å². The monoisotopic (exact) mass is 326 g/mol. The van der Waals surface area contributed by atoms with E-state index in [1.54, 1.807) is 0 Å². The standard InChI is InChI=1S/C14H19BrN2O2/c1-10-3-4-13(12(15)7-10)17-6-5-16-11(9-17)8-14(18)19-2/h3-4,7,11,16H,5-6,8-9H2,1-2H3. The van der Waals surface area contributed by atoms with E-state index in [0.717, 1.165) is 24.1 Å². The first kappa shape index (κ1) is 14.3. The van der Waals surface area contributed by atoms with Crippen LogP contribution in [-0.2, 0) is 9.53 Å². The molecule has 2 rings (SSSR count). The zero-order valence-corrected chi connectivity index (χ0v) is 12.9. The molecule has 1 aromatic rings. The highest BCUT2D eigenvalue weighted by Crippen LogP contribution is 2.28. The third-order valence-electron chi connectivity index (χ3n) is 3.34. The highest BCUT2D eigenvalue weighted by molar-refractivity contribution is 9.10. The van der Waals surface area contributed by atoms with Gasteiger partial charge in [0.05, 0.1) is 19.2 Å². The Bertz CT molecular complexity index is 465. The van der Waals surface area contributed by atoms with Gasteiger partial charge in [-0.2, -0.15) is 0 Å². The largest absolute Gasteiger partial charge is 0.469 e. The fourth-order valence-corrected chi connectivity index (χ4v) is 3.08. The molecule has 0 radical (unpaired) electrons. The maximum atomic E-state index is 11.3. The molecule has 104 valence electrons. The molecule has 1 unspecified atom stereocenters. The van der Waals surface area contributed by atoms with E-state index in [-0.39, 0.29) is 12.0 Å². The molecule has 19 heavy (non-hydrogen) atoms. The van der Waals surface area contributed by atoms with Crippen molar-refractivity contribution in [2.75, 3.05) is 31.6 Å². The fraction of sp³-hybridized carbons (Fsp3) is 0.500. The molecular weight excluding hydrogens is 308 g/mol. The Hall–Kier alpha value is -1.07. The number of hydrogen-bond donors (Lipinski definition) is 1. The van der Waals surface area contributed by atoms with Crippen LogP contribution in [0.3, 0.4) is 0 Å². The fourth-order valence-electron chi connectivity index (χ4n) is 2.33. The Kier molecular flexibility index (Phi) is 4.82. The van der Waals surface area contributed by atoms with Crippen LogP contribution in [0, 0.1) is 6.92 Å². The van der Waals surface area contributed by atoms with Crippen LogP contribution >= 0.6 is 15.9 Å². The maximum absolute atomic E-state index is 11.3. The van der Waals surface area contributed by atoms with Crippen LogP contribution in [0.2, 0.25) is 0 Å². The lowest BCUT2D eigenvalue weighted by Crippen LogP contribution is -2.51. The topological polar surface area (TPSA) is 41.6 Å². The minimum absolute atomic E-state index is 0.148. The minimum atomic E-state index is -0.165. The van der Waals surface area contributed by atoms with Crippen molar-refractivity contribution in [3.8, 4) is 0 Å². The Balaban J connectivity index is 2.06. The van der Waals surface area contributed by atoms with E-state index in [4.69, 9.17) is 4.74 Å². The lowest BCUT2D eigenvalue weighted by molar-refractivity contribution is -0.141. The SMILES string of the molecule is COC(=O)CC1CN(c2ccc(C)cc2Br)CCN1. The number of carbonyl (C=O) groups excluding carboxylic acids is 1. The quantitative estimate of drug-likeness (QED) is 0.864. The molecule has 0 amide bonds. The second kappa shape index (κ2) is 6.39. The van der Waals surface area contributed by atoms with Crippen LogP contribution in [0.1, 0.15) is 12.0 Å².